The van der Waals surface area contributed by atoms with E-state index in [0.29, 0.717) is 6.42 Å². The van der Waals surface area contributed by atoms with Crippen molar-refractivity contribution in [3.8, 4) is 0 Å². The predicted octanol–water partition coefficient (Wildman–Crippen LogP) is 3.53. The number of hydrazine groups is 1. The normalized spacial score (nSPS) is 12.4. The second-order valence-electron chi connectivity index (χ2n) is 4.53. The largest absolute Gasteiger partial charge is 0.271 e. The van der Waals surface area contributed by atoms with Crippen LogP contribution in [0.15, 0.2) is 42.5 Å². The fraction of sp³-hybridized carbons (Fsp3) is 0.200. The molecule has 2 aromatic rings. The van der Waals surface area contributed by atoms with Gasteiger partial charge in [-0.1, -0.05) is 41.9 Å². The molecule has 0 aliphatic carbocycles. The Morgan fingerprint density at radius 3 is 2.63 bits per heavy atom. The minimum atomic E-state index is -0.403. The summed E-state index contributed by atoms with van der Waals surface area (Å²) < 4.78 is 13.4. The van der Waals surface area contributed by atoms with Crippen molar-refractivity contribution >= 4 is 11.6 Å². The van der Waals surface area contributed by atoms with Crippen LogP contribution in [-0.4, -0.2) is 0 Å². The third-order valence-electron chi connectivity index (χ3n) is 3.19. The number of rotatable bonds is 4. The summed E-state index contributed by atoms with van der Waals surface area (Å²) in [5, 5.41) is 0.136. The fourth-order valence-electron chi connectivity index (χ4n) is 2.14. The zero-order valence-electron chi connectivity index (χ0n) is 10.7. The zero-order chi connectivity index (χ0) is 13.8. The quantitative estimate of drug-likeness (QED) is 0.663. The predicted molar refractivity (Wildman–Crippen MR) is 76.4 cm³/mol. The highest BCUT2D eigenvalue weighted by Crippen LogP contribution is 2.23. The summed E-state index contributed by atoms with van der Waals surface area (Å²) in [5.41, 5.74) is 5.91. The van der Waals surface area contributed by atoms with Gasteiger partial charge in [0.05, 0.1) is 11.1 Å². The van der Waals surface area contributed by atoms with Crippen molar-refractivity contribution < 1.29 is 4.39 Å². The molecule has 3 N–H and O–H groups in total. The van der Waals surface area contributed by atoms with E-state index in [1.807, 2.05) is 37.3 Å². The number of halogens is 2. The molecule has 0 bridgehead atoms. The van der Waals surface area contributed by atoms with Crippen molar-refractivity contribution in [1.82, 2.24) is 5.43 Å². The number of nitrogens with two attached hydrogens (primary N) is 1. The Morgan fingerprint density at radius 2 is 2.00 bits per heavy atom. The Kier molecular flexibility index (Phi) is 4.53. The van der Waals surface area contributed by atoms with E-state index in [4.69, 9.17) is 17.4 Å². The van der Waals surface area contributed by atoms with E-state index < -0.39 is 5.82 Å². The maximum atomic E-state index is 13.4. The van der Waals surface area contributed by atoms with Crippen LogP contribution in [0.2, 0.25) is 5.02 Å². The minimum Gasteiger partial charge on any atom is -0.271 e. The highest BCUT2D eigenvalue weighted by Gasteiger charge is 2.13. The second kappa shape index (κ2) is 6.15. The molecule has 2 aromatic carbocycles. The molecule has 0 amide bonds. The topological polar surface area (TPSA) is 38.0 Å². The van der Waals surface area contributed by atoms with E-state index in [9.17, 15) is 4.39 Å². The first-order valence-corrected chi connectivity index (χ1v) is 6.45. The summed E-state index contributed by atoms with van der Waals surface area (Å²) >= 11 is 5.68. The molecule has 100 valence electrons. The number of hydrogen-bond acceptors (Lipinski definition) is 2. The van der Waals surface area contributed by atoms with Crippen molar-refractivity contribution in [2.24, 2.45) is 5.84 Å². The summed E-state index contributed by atoms with van der Waals surface area (Å²) in [7, 11) is 0. The van der Waals surface area contributed by atoms with Gasteiger partial charge in [0.15, 0.2) is 0 Å². The van der Waals surface area contributed by atoms with Gasteiger partial charge >= 0.3 is 0 Å². The monoisotopic (exact) mass is 278 g/mol. The highest BCUT2D eigenvalue weighted by atomic mass is 35.5. The van der Waals surface area contributed by atoms with Gasteiger partial charge in [0, 0.05) is 0 Å². The molecule has 0 aliphatic rings. The molecular weight excluding hydrogens is 263 g/mol. The van der Waals surface area contributed by atoms with Crippen molar-refractivity contribution in [2.75, 3.05) is 0 Å². The van der Waals surface area contributed by atoms with Crippen LogP contribution < -0.4 is 11.3 Å². The third kappa shape index (κ3) is 3.32. The molecule has 0 aromatic heterocycles. The average molecular weight is 279 g/mol. The Bertz CT molecular complexity index is 572. The molecule has 0 spiro atoms. The summed E-state index contributed by atoms with van der Waals surface area (Å²) in [5.74, 6) is 5.22. The maximum Gasteiger partial charge on any atom is 0.142 e. The Labute approximate surface area is 117 Å². The molecule has 0 aliphatic heterocycles. The van der Waals surface area contributed by atoms with Gasteiger partial charge in [-0.05, 0) is 42.2 Å². The van der Waals surface area contributed by atoms with Crippen LogP contribution >= 0.6 is 11.6 Å². The smallest absolute Gasteiger partial charge is 0.142 e. The van der Waals surface area contributed by atoms with Gasteiger partial charge < -0.3 is 0 Å². The van der Waals surface area contributed by atoms with Crippen molar-refractivity contribution in [2.45, 2.75) is 19.4 Å². The Balaban J connectivity index is 2.24. The van der Waals surface area contributed by atoms with Crippen LogP contribution in [0, 0.1) is 12.7 Å². The van der Waals surface area contributed by atoms with Crippen LogP contribution in [0.3, 0.4) is 0 Å². The van der Waals surface area contributed by atoms with Crippen LogP contribution in [0.4, 0.5) is 4.39 Å². The minimum absolute atomic E-state index is 0.0539. The molecule has 2 nitrogen and oxygen atoms in total. The lowest BCUT2D eigenvalue weighted by Gasteiger charge is -2.18. The van der Waals surface area contributed by atoms with Crippen molar-refractivity contribution in [1.29, 1.82) is 0 Å². The number of aryl methyl sites for hydroxylation is 1. The van der Waals surface area contributed by atoms with E-state index >= 15 is 0 Å². The molecule has 0 radical (unpaired) electrons. The SMILES string of the molecule is Cc1ccccc1C(Cc1ccc(Cl)c(F)c1)NN. The standard InChI is InChI=1S/C15H16ClFN2/c1-10-4-2-3-5-12(10)15(19-18)9-11-6-7-13(16)14(17)8-11/h2-8,15,19H,9,18H2,1H3. The van der Waals surface area contributed by atoms with Crippen LogP contribution in [0.5, 0.6) is 0 Å². The summed E-state index contributed by atoms with van der Waals surface area (Å²) in [6.45, 7) is 2.03. The van der Waals surface area contributed by atoms with Crippen molar-refractivity contribution in [3.63, 3.8) is 0 Å². The molecule has 0 saturated heterocycles. The fourth-order valence-corrected chi connectivity index (χ4v) is 2.26. The number of benzene rings is 2. The zero-order valence-corrected chi connectivity index (χ0v) is 11.4. The van der Waals surface area contributed by atoms with Gasteiger partial charge in [0.2, 0.25) is 0 Å². The summed E-state index contributed by atoms with van der Waals surface area (Å²) in [6.07, 6.45) is 0.607. The first-order valence-electron chi connectivity index (χ1n) is 6.07. The first-order chi connectivity index (χ1) is 9.11. The molecule has 0 fully saturated rings. The molecule has 0 saturated carbocycles. The van der Waals surface area contributed by atoms with Gasteiger partial charge in [0.25, 0.3) is 0 Å². The average Bonchev–Trinajstić information content (AvgIpc) is 2.41. The molecule has 4 heteroatoms. The molecule has 1 atom stereocenters. The molecule has 2 rings (SSSR count). The Hall–Kier alpha value is -1.42. The van der Waals surface area contributed by atoms with E-state index in [0.717, 1.165) is 16.7 Å². The molecule has 0 heterocycles. The van der Waals surface area contributed by atoms with E-state index in [1.54, 1.807) is 6.07 Å². The Morgan fingerprint density at radius 1 is 1.26 bits per heavy atom. The number of hydrogen-bond donors (Lipinski definition) is 2. The van der Waals surface area contributed by atoms with Crippen molar-refractivity contribution in [3.05, 3.63) is 70.0 Å². The van der Waals surface area contributed by atoms with E-state index in [2.05, 4.69) is 5.43 Å². The third-order valence-corrected chi connectivity index (χ3v) is 3.50. The summed E-state index contributed by atoms with van der Waals surface area (Å²) in [4.78, 5) is 0. The van der Waals surface area contributed by atoms with Gasteiger partial charge in [-0.2, -0.15) is 0 Å². The second-order valence-corrected chi connectivity index (χ2v) is 4.94. The lowest BCUT2D eigenvalue weighted by Crippen LogP contribution is -2.30. The molecule has 19 heavy (non-hydrogen) atoms. The lowest BCUT2D eigenvalue weighted by atomic mass is 9.96. The van der Waals surface area contributed by atoms with E-state index in [1.165, 1.54) is 6.07 Å². The molecular formula is C15H16ClFN2. The van der Waals surface area contributed by atoms with E-state index in [-0.39, 0.29) is 11.1 Å². The summed E-state index contributed by atoms with van der Waals surface area (Å²) in [6, 6.07) is 12.8. The lowest BCUT2D eigenvalue weighted by molar-refractivity contribution is 0.546. The van der Waals surface area contributed by atoms with Crippen LogP contribution in [0.1, 0.15) is 22.7 Å². The van der Waals surface area contributed by atoms with Gasteiger partial charge in [-0.25, -0.2) is 4.39 Å². The number of nitrogens with one attached hydrogen (secondary N) is 1. The first kappa shape index (κ1) is 14.0. The van der Waals surface area contributed by atoms with Gasteiger partial charge in [0.1, 0.15) is 5.82 Å². The van der Waals surface area contributed by atoms with Crippen LogP contribution in [-0.2, 0) is 6.42 Å². The highest BCUT2D eigenvalue weighted by molar-refractivity contribution is 6.30. The van der Waals surface area contributed by atoms with Crippen LogP contribution in [0.25, 0.3) is 0 Å². The molecule has 1 unspecified atom stereocenters. The van der Waals surface area contributed by atoms with Gasteiger partial charge in [-0.3, -0.25) is 11.3 Å². The van der Waals surface area contributed by atoms with Gasteiger partial charge in [-0.15, -0.1) is 0 Å². The maximum absolute atomic E-state index is 13.4.